The van der Waals surface area contributed by atoms with E-state index >= 15 is 4.39 Å². The number of benzene rings is 1. The summed E-state index contributed by atoms with van der Waals surface area (Å²) in [6, 6.07) is 1.88. The molecule has 1 aromatic carbocycles. The highest BCUT2D eigenvalue weighted by atomic mass is 19.1. The van der Waals surface area contributed by atoms with Gasteiger partial charge in [-0.25, -0.2) is 14.2 Å². The first-order chi connectivity index (χ1) is 19.7. The Morgan fingerprint density at radius 3 is 2.59 bits per heavy atom. The molecule has 0 saturated heterocycles. The molecule has 3 aliphatic rings. The molecule has 2 unspecified atom stereocenters. The van der Waals surface area contributed by atoms with E-state index < -0.39 is 49.2 Å². The number of rotatable bonds is 6. The van der Waals surface area contributed by atoms with E-state index in [0.29, 0.717) is 69.4 Å². The van der Waals surface area contributed by atoms with Gasteiger partial charge in [-0.15, -0.1) is 0 Å². The van der Waals surface area contributed by atoms with Gasteiger partial charge < -0.3 is 35.3 Å². The number of nitrogens with zero attached hydrogens (tertiary/aromatic N) is 2. The third-order valence-corrected chi connectivity index (χ3v) is 8.79. The van der Waals surface area contributed by atoms with Crippen LogP contribution in [0.2, 0.25) is 0 Å². The van der Waals surface area contributed by atoms with Crippen LogP contribution in [-0.2, 0) is 29.1 Å². The van der Waals surface area contributed by atoms with Crippen LogP contribution in [0.4, 0.5) is 9.18 Å². The molecule has 2 atom stereocenters. The Hall–Kier alpha value is -3.87. The molecule has 1 aliphatic carbocycles. The van der Waals surface area contributed by atoms with E-state index in [1.807, 2.05) is 13.0 Å². The van der Waals surface area contributed by atoms with Crippen LogP contribution in [0.15, 0.2) is 16.9 Å². The summed E-state index contributed by atoms with van der Waals surface area (Å²) in [5.74, 6) is -1.36. The molecule has 5 N–H and O–H groups in total. The number of halogens is 1. The van der Waals surface area contributed by atoms with Gasteiger partial charge in [0.05, 0.1) is 60.8 Å². The number of aliphatic hydroxyl groups is 3. The molecule has 0 saturated carbocycles. The van der Waals surface area contributed by atoms with Gasteiger partial charge in [0.2, 0.25) is 0 Å². The fraction of sp³-hybridized carbons (Fsp3) is 0.448. The number of fused-ring (bicyclic) bond motifs is 5. The molecule has 6 rings (SSSR count). The Bertz CT molecular complexity index is 1670. The van der Waals surface area contributed by atoms with Crippen LogP contribution in [0.1, 0.15) is 65.1 Å². The van der Waals surface area contributed by atoms with Crippen molar-refractivity contribution < 1.29 is 34.0 Å². The molecular formula is C29H31FN4O7. The lowest BCUT2D eigenvalue weighted by Gasteiger charge is -2.33. The van der Waals surface area contributed by atoms with Crippen molar-refractivity contribution in [1.82, 2.24) is 20.2 Å². The highest BCUT2D eigenvalue weighted by molar-refractivity contribution is 5.93. The molecule has 216 valence electrons. The molecule has 12 heteroatoms. The van der Waals surface area contributed by atoms with E-state index in [-0.39, 0.29) is 24.7 Å². The highest BCUT2D eigenvalue weighted by Crippen LogP contribution is 2.45. The van der Waals surface area contributed by atoms with Gasteiger partial charge in [0, 0.05) is 17.0 Å². The van der Waals surface area contributed by atoms with Crippen molar-refractivity contribution in [3.8, 4) is 11.4 Å². The predicted octanol–water partition coefficient (Wildman–Crippen LogP) is 1.43. The topological polar surface area (TPSA) is 163 Å². The largest absolute Gasteiger partial charge is 0.460 e. The van der Waals surface area contributed by atoms with Gasteiger partial charge in [0.1, 0.15) is 18.0 Å². The number of pyridine rings is 2. The molecule has 0 spiro atoms. The lowest BCUT2D eigenvalue weighted by molar-refractivity contribution is -0.148. The lowest BCUT2D eigenvalue weighted by Crippen LogP contribution is -2.59. The standard InChI is InChI=1S/C29H31FN4O7/c1-3-14-16-6-22-25-17(8-34(22)26(38)18(16)9-41-27(14)39)24-20(32-28(40)33-29(10-35,11-36)12-37)5-4-15-13(2)19(30)7-21(31-25)23(15)24/h6-7,14,20,35-37H,3-5,8-12H2,1-2H3,(H2,32,33,40). The van der Waals surface area contributed by atoms with E-state index in [9.17, 15) is 29.7 Å². The number of esters is 1. The van der Waals surface area contributed by atoms with Crippen LogP contribution in [0.25, 0.3) is 22.3 Å². The van der Waals surface area contributed by atoms with Crippen LogP contribution >= 0.6 is 0 Å². The number of aliphatic hydroxyl groups excluding tert-OH is 3. The number of hydrogen-bond donors (Lipinski definition) is 5. The maximum atomic E-state index is 15.0. The van der Waals surface area contributed by atoms with Crippen LogP contribution in [0.3, 0.4) is 0 Å². The van der Waals surface area contributed by atoms with Crippen LogP contribution in [0, 0.1) is 12.7 Å². The summed E-state index contributed by atoms with van der Waals surface area (Å²) < 4.78 is 21.9. The van der Waals surface area contributed by atoms with Crippen molar-refractivity contribution in [3.63, 3.8) is 0 Å². The molecular weight excluding hydrogens is 535 g/mol. The predicted molar refractivity (Wildman–Crippen MR) is 145 cm³/mol. The third-order valence-electron chi connectivity index (χ3n) is 8.79. The Kier molecular flexibility index (Phi) is 6.59. The molecule has 2 aliphatic heterocycles. The number of urea groups is 1. The molecule has 0 fully saturated rings. The Labute approximate surface area is 234 Å². The van der Waals surface area contributed by atoms with E-state index in [0.717, 1.165) is 5.56 Å². The van der Waals surface area contributed by atoms with Crippen LogP contribution in [0.5, 0.6) is 0 Å². The summed E-state index contributed by atoms with van der Waals surface area (Å²) in [7, 11) is 0. The number of cyclic esters (lactones) is 1. The summed E-state index contributed by atoms with van der Waals surface area (Å²) in [4.78, 5) is 44.0. The number of hydrogen-bond acceptors (Lipinski definition) is 8. The first-order valence-electron chi connectivity index (χ1n) is 13.7. The minimum atomic E-state index is -1.62. The van der Waals surface area contributed by atoms with Crippen LogP contribution < -0.4 is 16.2 Å². The van der Waals surface area contributed by atoms with Gasteiger partial charge in [-0.1, -0.05) is 6.92 Å². The van der Waals surface area contributed by atoms with Crippen molar-refractivity contribution in [2.45, 2.75) is 63.8 Å². The number of aryl methyl sites for hydroxylation is 1. The number of carbonyl (C=O) groups is 2. The molecule has 4 heterocycles. The van der Waals surface area contributed by atoms with E-state index in [4.69, 9.17) is 9.72 Å². The number of aromatic nitrogens is 2. The first-order valence-corrected chi connectivity index (χ1v) is 13.7. The smallest absolute Gasteiger partial charge is 0.315 e. The quantitative estimate of drug-likeness (QED) is 0.219. The average molecular weight is 567 g/mol. The third kappa shape index (κ3) is 4.03. The van der Waals surface area contributed by atoms with Gasteiger partial charge in [0.25, 0.3) is 5.56 Å². The monoisotopic (exact) mass is 566 g/mol. The van der Waals surface area contributed by atoms with Crippen molar-refractivity contribution in [1.29, 1.82) is 0 Å². The summed E-state index contributed by atoms with van der Waals surface area (Å²) in [6.45, 7) is 1.58. The van der Waals surface area contributed by atoms with E-state index in [1.165, 1.54) is 6.07 Å². The van der Waals surface area contributed by atoms with Gasteiger partial charge >= 0.3 is 12.0 Å². The minimum Gasteiger partial charge on any atom is -0.460 e. The number of amides is 2. The SMILES string of the molecule is CCC1C(=O)OCc2c1cc1n(c2=O)Cc2c-1nc1cc(F)c(C)c3c1c2C(NC(=O)NC(CO)(CO)CO)CC3. The molecule has 2 amide bonds. The molecule has 11 nitrogen and oxygen atoms in total. The number of ether oxygens (including phenoxy) is 1. The maximum Gasteiger partial charge on any atom is 0.315 e. The average Bonchev–Trinajstić information content (AvgIpc) is 3.33. The summed E-state index contributed by atoms with van der Waals surface area (Å²) >= 11 is 0. The van der Waals surface area contributed by atoms with Crippen molar-refractivity contribution >= 4 is 22.9 Å². The fourth-order valence-electron chi connectivity index (χ4n) is 6.42. The maximum absolute atomic E-state index is 15.0. The molecule has 41 heavy (non-hydrogen) atoms. The summed E-state index contributed by atoms with van der Waals surface area (Å²) in [6.07, 6.45) is 1.34. The Morgan fingerprint density at radius 1 is 1.17 bits per heavy atom. The zero-order valence-electron chi connectivity index (χ0n) is 22.7. The Morgan fingerprint density at radius 2 is 1.90 bits per heavy atom. The second-order valence-electron chi connectivity index (χ2n) is 11.1. The number of nitrogens with one attached hydrogen (secondary N) is 2. The van der Waals surface area contributed by atoms with Gasteiger partial charge in [-0.3, -0.25) is 9.59 Å². The van der Waals surface area contributed by atoms with E-state index in [2.05, 4.69) is 10.6 Å². The molecule has 0 radical (unpaired) electrons. The molecule has 2 aromatic heterocycles. The Balaban J connectivity index is 1.53. The zero-order chi connectivity index (χ0) is 29.2. The first kappa shape index (κ1) is 27.3. The second kappa shape index (κ2) is 9.89. The van der Waals surface area contributed by atoms with Crippen molar-refractivity contribution in [2.24, 2.45) is 0 Å². The molecule has 0 bridgehead atoms. The summed E-state index contributed by atoms with van der Waals surface area (Å²) in [5.41, 5.74) is 3.24. The van der Waals surface area contributed by atoms with Gasteiger partial charge in [-0.05, 0) is 54.5 Å². The normalized spacial score (nSPS) is 18.9. The number of carbonyl (C=O) groups excluding carboxylic acids is 2. The summed E-state index contributed by atoms with van der Waals surface area (Å²) in [5, 5.41) is 35.1. The van der Waals surface area contributed by atoms with E-state index in [1.54, 1.807) is 11.5 Å². The lowest BCUT2D eigenvalue weighted by atomic mass is 9.81. The van der Waals surface area contributed by atoms with Crippen LogP contribution in [-0.4, -0.2) is 62.2 Å². The zero-order valence-corrected chi connectivity index (χ0v) is 22.7. The van der Waals surface area contributed by atoms with Crippen molar-refractivity contribution in [2.75, 3.05) is 19.8 Å². The van der Waals surface area contributed by atoms with Crippen molar-refractivity contribution in [3.05, 3.63) is 61.7 Å². The minimum absolute atomic E-state index is 0.108. The second-order valence-corrected chi connectivity index (χ2v) is 11.1. The molecule has 3 aromatic rings. The highest BCUT2D eigenvalue weighted by Gasteiger charge is 2.38. The van der Waals surface area contributed by atoms with Gasteiger partial charge in [0.15, 0.2) is 0 Å². The fourth-order valence-corrected chi connectivity index (χ4v) is 6.42. The van der Waals surface area contributed by atoms with Gasteiger partial charge in [-0.2, -0.15) is 0 Å².